The molecule has 1 fully saturated rings. The van der Waals surface area contributed by atoms with E-state index in [2.05, 4.69) is 4.74 Å². The van der Waals surface area contributed by atoms with Crippen LogP contribution in [0.2, 0.25) is 0 Å². The molecule has 1 aliphatic carbocycles. The second-order valence-electron chi connectivity index (χ2n) is 4.07. The summed E-state index contributed by atoms with van der Waals surface area (Å²) in [7, 11) is 1.31. The van der Waals surface area contributed by atoms with Gasteiger partial charge in [0, 0.05) is 0 Å². The molecule has 0 atom stereocenters. The number of benzene rings is 1. The molecule has 0 amide bonds. The Bertz CT molecular complexity index is 472. The third-order valence-electron chi connectivity index (χ3n) is 2.69. The molecule has 1 aromatic rings. The second-order valence-corrected chi connectivity index (χ2v) is 4.07. The lowest BCUT2D eigenvalue weighted by atomic mass is 10.1. The van der Waals surface area contributed by atoms with Crippen LogP contribution in [-0.4, -0.2) is 19.7 Å². The van der Waals surface area contributed by atoms with Crippen LogP contribution in [0.1, 0.15) is 28.8 Å². The molecule has 0 heterocycles. The third kappa shape index (κ3) is 2.76. The van der Waals surface area contributed by atoms with E-state index in [0.717, 1.165) is 0 Å². The Balaban J connectivity index is 2.15. The van der Waals surface area contributed by atoms with Gasteiger partial charge in [-0.25, -0.2) is 4.79 Å². The van der Waals surface area contributed by atoms with E-state index in [1.807, 2.05) is 6.07 Å². The van der Waals surface area contributed by atoms with Gasteiger partial charge in [0.25, 0.3) is 0 Å². The Kier molecular flexibility index (Phi) is 3.29. The van der Waals surface area contributed by atoms with E-state index in [1.54, 1.807) is 12.1 Å². The highest BCUT2D eigenvalue weighted by atomic mass is 16.5. The number of nitriles is 1. The summed E-state index contributed by atoms with van der Waals surface area (Å²) in [6.45, 7) is 0.645. The zero-order valence-electron chi connectivity index (χ0n) is 9.60. The zero-order valence-corrected chi connectivity index (χ0v) is 9.60. The number of hydrogen-bond acceptors (Lipinski definition) is 4. The fraction of sp³-hybridized carbons (Fsp3) is 0.385. The molecule has 1 aromatic carbocycles. The quantitative estimate of drug-likeness (QED) is 0.745. The molecule has 0 unspecified atom stereocenters. The van der Waals surface area contributed by atoms with Gasteiger partial charge in [0.05, 0.1) is 24.8 Å². The summed E-state index contributed by atoms with van der Waals surface area (Å²) >= 11 is 0. The first-order valence-corrected chi connectivity index (χ1v) is 5.50. The van der Waals surface area contributed by atoms with Crippen molar-refractivity contribution in [1.82, 2.24) is 0 Å². The Hall–Kier alpha value is -2.02. The molecule has 0 aromatic heterocycles. The van der Waals surface area contributed by atoms with Gasteiger partial charge in [0.1, 0.15) is 11.8 Å². The van der Waals surface area contributed by atoms with Crippen molar-refractivity contribution in [2.75, 3.05) is 13.7 Å². The SMILES string of the molecule is COC(=O)c1ccc(OCC2CC2)c(C#N)c1. The van der Waals surface area contributed by atoms with Crippen LogP contribution in [0.4, 0.5) is 0 Å². The van der Waals surface area contributed by atoms with Crippen molar-refractivity contribution in [1.29, 1.82) is 5.26 Å². The van der Waals surface area contributed by atoms with E-state index in [9.17, 15) is 4.79 Å². The number of rotatable bonds is 4. The van der Waals surface area contributed by atoms with Crippen LogP contribution in [0.25, 0.3) is 0 Å². The Morgan fingerprint density at radius 2 is 2.29 bits per heavy atom. The van der Waals surface area contributed by atoms with Crippen molar-refractivity contribution in [2.24, 2.45) is 5.92 Å². The maximum atomic E-state index is 11.3. The molecule has 0 aliphatic heterocycles. The number of carbonyl (C=O) groups excluding carboxylic acids is 1. The van der Waals surface area contributed by atoms with Gasteiger partial charge in [-0.3, -0.25) is 0 Å². The second kappa shape index (κ2) is 4.88. The summed E-state index contributed by atoms with van der Waals surface area (Å²) in [6.07, 6.45) is 2.39. The monoisotopic (exact) mass is 231 g/mol. The fourth-order valence-electron chi connectivity index (χ4n) is 1.48. The normalized spacial score (nSPS) is 13.9. The lowest BCUT2D eigenvalue weighted by molar-refractivity contribution is 0.0600. The zero-order chi connectivity index (χ0) is 12.3. The lowest BCUT2D eigenvalue weighted by Gasteiger charge is -2.08. The first-order valence-electron chi connectivity index (χ1n) is 5.50. The first kappa shape index (κ1) is 11.5. The average Bonchev–Trinajstić information content (AvgIpc) is 3.19. The molecule has 0 saturated heterocycles. The van der Waals surface area contributed by atoms with E-state index < -0.39 is 5.97 Å². The number of nitrogens with zero attached hydrogens (tertiary/aromatic N) is 1. The number of ether oxygens (including phenoxy) is 2. The maximum absolute atomic E-state index is 11.3. The van der Waals surface area contributed by atoms with Crippen molar-refractivity contribution in [3.63, 3.8) is 0 Å². The highest BCUT2D eigenvalue weighted by molar-refractivity contribution is 5.90. The van der Waals surface area contributed by atoms with Gasteiger partial charge in [-0.05, 0) is 37.0 Å². The summed E-state index contributed by atoms with van der Waals surface area (Å²) in [5, 5.41) is 9.00. The predicted octanol–water partition coefficient (Wildman–Crippen LogP) is 2.13. The fourth-order valence-corrected chi connectivity index (χ4v) is 1.48. The Morgan fingerprint density at radius 3 is 2.88 bits per heavy atom. The maximum Gasteiger partial charge on any atom is 0.337 e. The number of hydrogen-bond donors (Lipinski definition) is 0. The molecule has 1 aliphatic rings. The number of methoxy groups -OCH3 is 1. The van der Waals surface area contributed by atoms with Gasteiger partial charge in [0.15, 0.2) is 0 Å². The van der Waals surface area contributed by atoms with Crippen molar-refractivity contribution in [3.05, 3.63) is 29.3 Å². The Labute approximate surface area is 99.8 Å². The van der Waals surface area contributed by atoms with Crippen LogP contribution < -0.4 is 4.74 Å². The minimum absolute atomic E-state index is 0.364. The topological polar surface area (TPSA) is 59.3 Å². The van der Waals surface area contributed by atoms with Crippen molar-refractivity contribution in [2.45, 2.75) is 12.8 Å². The van der Waals surface area contributed by atoms with Crippen LogP contribution in [0.3, 0.4) is 0 Å². The molecule has 0 radical (unpaired) electrons. The lowest BCUT2D eigenvalue weighted by Crippen LogP contribution is -2.04. The van der Waals surface area contributed by atoms with E-state index in [1.165, 1.54) is 26.0 Å². The highest BCUT2D eigenvalue weighted by Gasteiger charge is 2.22. The molecule has 88 valence electrons. The molecule has 2 rings (SSSR count). The smallest absolute Gasteiger partial charge is 0.337 e. The average molecular weight is 231 g/mol. The molecule has 0 bridgehead atoms. The van der Waals surface area contributed by atoms with Gasteiger partial charge in [-0.1, -0.05) is 0 Å². The van der Waals surface area contributed by atoms with Crippen molar-refractivity contribution >= 4 is 5.97 Å². The van der Waals surface area contributed by atoms with Crippen LogP contribution in [-0.2, 0) is 4.74 Å². The third-order valence-corrected chi connectivity index (χ3v) is 2.69. The molecule has 4 heteroatoms. The summed E-state index contributed by atoms with van der Waals surface area (Å²) in [6, 6.07) is 6.77. The van der Waals surface area contributed by atoms with Crippen LogP contribution in [0.5, 0.6) is 5.75 Å². The van der Waals surface area contributed by atoms with E-state index >= 15 is 0 Å². The number of carbonyl (C=O) groups is 1. The molecule has 17 heavy (non-hydrogen) atoms. The number of esters is 1. The van der Waals surface area contributed by atoms with Gasteiger partial charge in [0.2, 0.25) is 0 Å². The summed E-state index contributed by atoms with van der Waals surface area (Å²) in [5.41, 5.74) is 0.733. The van der Waals surface area contributed by atoms with Crippen molar-refractivity contribution < 1.29 is 14.3 Å². The van der Waals surface area contributed by atoms with Gasteiger partial charge >= 0.3 is 5.97 Å². The van der Waals surface area contributed by atoms with Crippen molar-refractivity contribution in [3.8, 4) is 11.8 Å². The standard InChI is InChI=1S/C13H13NO3/c1-16-13(15)10-4-5-12(11(6-10)7-14)17-8-9-2-3-9/h4-6,9H,2-3,8H2,1H3. The molecule has 0 spiro atoms. The van der Waals surface area contributed by atoms with Crippen LogP contribution >= 0.6 is 0 Å². The summed E-state index contributed by atoms with van der Waals surface area (Å²) in [4.78, 5) is 11.3. The highest BCUT2D eigenvalue weighted by Crippen LogP contribution is 2.30. The van der Waals surface area contributed by atoms with Crippen LogP contribution in [0.15, 0.2) is 18.2 Å². The first-order chi connectivity index (χ1) is 8.24. The minimum Gasteiger partial charge on any atom is -0.492 e. The van der Waals surface area contributed by atoms with E-state index in [4.69, 9.17) is 10.00 Å². The minimum atomic E-state index is -0.449. The summed E-state index contributed by atoms with van der Waals surface area (Å²) < 4.78 is 10.1. The molecule has 0 N–H and O–H groups in total. The molecular weight excluding hydrogens is 218 g/mol. The summed E-state index contributed by atoms with van der Waals surface area (Å²) in [5.74, 6) is 0.712. The molecule has 1 saturated carbocycles. The molecule has 4 nitrogen and oxygen atoms in total. The molecular formula is C13H13NO3. The largest absolute Gasteiger partial charge is 0.492 e. The van der Waals surface area contributed by atoms with E-state index in [-0.39, 0.29) is 0 Å². The van der Waals surface area contributed by atoms with Crippen LogP contribution in [0, 0.1) is 17.2 Å². The van der Waals surface area contributed by atoms with Gasteiger partial charge in [-0.2, -0.15) is 5.26 Å². The van der Waals surface area contributed by atoms with E-state index in [0.29, 0.717) is 29.4 Å². The predicted molar refractivity (Wildman–Crippen MR) is 60.7 cm³/mol. The van der Waals surface area contributed by atoms with Gasteiger partial charge in [-0.15, -0.1) is 0 Å². The Morgan fingerprint density at radius 1 is 1.53 bits per heavy atom. The van der Waals surface area contributed by atoms with Gasteiger partial charge < -0.3 is 9.47 Å².